The maximum Gasteiger partial charge on any atom is 0.0716 e. The molecule has 0 saturated heterocycles. The average molecular weight is 265 g/mol. The lowest BCUT2D eigenvalue weighted by molar-refractivity contribution is 0.184. The van der Waals surface area contributed by atoms with Crippen LogP contribution in [-0.2, 0) is 17.9 Å². The first-order chi connectivity index (χ1) is 9.31. The van der Waals surface area contributed by atoms with Crippen molar-refractivity contribution >= 4 is 0 Å². The SMILES string of the molecule is CCCC(CCO)CNCc1ccccc1COC. The Morgan fingerprint density at radius 3 is 2.58 bits per heavy atom. The Bertz CT molecular complexity index is 335. The molecule has 0 saturated carbocycles. The van der Waals surface area contributed by atoms with Gasteiger partial charge in [-0.1, -0.05) is 37.6 Å². The predicted molar refractivity (Wildman–Crippen MR) is 79.0 cm³/mol. The summed E-state index contributed by atoms with van der Waals surface area (Å²) in [5, 5.41) is 12.6. The van der Waals surface area contributed by atoms with Crippen LogP contribution in [0.3, 0.4) is 0 Å². The van der Waals surface area contributed by atoms with Crippen molar-refractivity contribution in [3.8, 4) is 0 Å². The standard InChI is InChI=1S/C16H27NO2/c1-3-6-14(9-10-18)11-17-12-15-7-4-5-8-16(15)13-19-2/h4-5,7-8,14,17-18H,3,6,9-13H2,1-2H3. The van der Waals surface area contributed by atoms with Gasteiger partial charge in [0.25, 0.3) is 0 Å². The van der Waals surface area contributed by atoms with Gasteiger partial charge in [-0.15, -0.1) is 0 Å². The molecule has 108 valence electrons. The third-order valence-corrected chi connectivity index (χ3v) is 3.40. The zero-order valence-electron chi connectivity index (χ0n) is 12.2. The maximum absolute atomic E-state index is 9.05. The number of hydrogen-bond acceptors (Lipinski definition) is 3. The van der Waals surface area contributed by atoms with Crippen molar-refractivity contribution in [1.82, 2.24) is 5.32 Å². The minimum Gasteiger partial charge on any atom is -0.396 e. The summed E-state index contributed by atoms with van der Waals surface area (Å²) in [6.07, 6.45) is 3.24. The zero-order chi connectivity index (χ0) is 13.9. The van der Waals surface area contributed by atoms with Crippen LogP contribution < -0.4 is 5.32 Å². The van der Waals surface area contributed by atoms with Gasteiger partial charge in [-0.3, -0.25) is 0 Å². The highest BCUT2D eigenvalue weighted by Gasteiger charge is 2.07. The summed E-state index contributed by atoms with van der Waals surface area (Å²) in [7, 11) is 1.72. The van der Waals surface area contributed by atoms with Crippen LogP contribution in [0.5, 0.6) is 0 Å². The van der Waals surface area contributed by atoms with E-state index in [4.69, 9.17) is 9.84 Å². The lowest BCUT2D eigenvalue weighted by atomic mass is 10.00. The van der Waals surface area contributed by atoms with Crippen molar-refractivity contribution in [2.45, 2.75) is 39.3 Å². The second-order valence-electron chi connectivity index (χ2n) is 5.00. The first kappa shape index (κ1) is 16.2. The van der Waals surface area contributed by atoms with Crippen molar-refractivity contribution in [3.05, 3.63) is 35.4 Å². The maximum atomic E-state index is 9.05. The third kappa shape index (κ3) is 6.19. The van der Waals surface area contributed by atoms with E-state index in [1.165, 1.54) is 24.0 Å². The predicted octanol–water partition coefficient (Wildman–Crippen LogP) is 2.72. The van der Waals surface area contributed by atoms with Gasteiger partial charge in [0.2, 0.25) is 0 Å². The van der Waals surface area contributed by atoms with Gasteiger partial charge >= 0.3 is 0 Å². The number of nitrogens with one attached hydrogen (secondary N) is 1. The Balaban J connectivity index is 2.42. The third-order valence-electron chi connectivity index (χ3n) is 3.40. The van der Waals surface area contributed by atoms with E-state index < -0.39 is 0 Å². The molecule has 0 aromatic heterocycles. The number of ether oxygens (including phenoxy) is 1. The lowest BCUT2D eigenvalue weighted by Gasteiger charge is -2.16. The molecule has 0 fully saturated rings. The van der Waals surface area contributed by atoms with E-state index in [1.54, 1.807) is 7.11 Å². The van der Waals surface area contributed by atoms with E-state index in [0.29, 0.717) is 12.5 Å². The normalized spacial score (nSPS) is 12.6. The van der Waals surface area contributed by atoms with Gasteiger partial charge in [-0.2, -0.15) is 0 Å². The topological polar surface area (TPSA) is 41.5 Å². The fourth-order valence-electron chi connectivity index (χ4n) is 2.38. The molecule has 0 heterocycles. The first-order valence-corrected chi connectivity index (χ1v) is 7.19. The summed E-state index contributed by atoms with van der Waals surface area (Å²) in [6.45, 7) is 4.97. The van der Waals surface area contributed by atoms with Crippen LogP contribution in [0, 0.1) is 5.92 Å². The number of benzene rings is 1. The highest BCUT2D eigenvalue weighted by Crippen LogP contribution is 2.12. The number of aliphatic hydroxyl groups is 1. The van der Waals surface area contributed by atoms with Crippen LogP contribution >= 0.6 is 0 Å². The Morgan fingerprint density at radius 2 is 1.95 bits per heavy atom. The van der Waals surface area contributed by atoms with E-state index in [2.05, 4.69) is 30.4 Å². The molecule has 0 bridgehead atoms. The molecular formula is C16H27NO2. The molecule has 0 radical (unpaired) electrons. The smallest absolute Gasteiger partial charge is 0.0716 e. The first-order valence-electron chi connectivity index (χ1n) is 7.19. The van der Waals surface area contributed by atoms with Crippen molar-refractivity contribution in [3.63, 3.8) is 0 Å². The van der Waals surface area contributed by atoms with E-state index >= 15 is 0 Å². The van der Waals surface area contributed by atoms with E-state index in [0.717, 1.165) is 19.5 Å². The van der Waals surface area contributed by atoms with Crippen LogP contribution in [0.2, 0.25) is 0 Å². The van der Waals surface area contributed by atoms with E-state index in [1.807, 2.05) is 6.07 Å². The monoisotopic (exact) mass is 265 g/mol. The summed E-state index contributed by atoms with van der Waals surface area (Å²) in [5.74, 6) is 0.574. The van der Waals surface area contributed by atoms with Crippen LogP contribution in [-0.4, -0.2) is 25.4 Å². The Hall–Kier alpha value is -0.900. The number of aliphatic hydroxyl groups excluding tert-OH is 1. The fourth-order valence-corrected chi connectivity index (χ4v) is 2.38. The van der Waals surface area contributed by atoms with Gasteiger partial charge in [-0.25, -0.2) is 0 Å². The molecule has 1 aromatic rings. The summed E-state index contributed by atoms with van der Waals surface area (Å²) in [5.41, 5.74) is 2.54. The fraction of sp³-hybridized carbons (Fsp3) is 0.625. The number of methoxy groups -OCH3 is 1. The molecule has 0 aliphatic rings. The molecule has 3 nitrogen and oxygen atoms in total. The second kappa shape index (κ2) is 9.96. The molecule has 0 aliphatic carbocycles. The molecule has 0 amide bonds. The van der Waals surface area contributed by atoms with Gasteiger partial charge in [0.15, 0.2) is 0 Å². The molecule has 1 rings (SSSR count). The van der Waals surface area contributed by atoms with Crippen molar-refractivity contribution < 1.29 is 9.84 Å². The summed E-state index contributed by atoms with van der Waals surface area (Å²) in [6, 6.07) is 8.36. The zero-order valence-corrected chi connectivity index (χ0v) is 12.2. The molecule has 0 spiro atoms. The molecule has 2 N–H and O–H groups in total. The lowest BCUT2D eigenvalue weighted by Crippen LogP contribution is -2.23. The quantitative estimate of drug-likeness (QED) is 0.683. The Labute approximate surface area is 117 Å². The number of rotatable bonds is 10. The molecule has 3 heteroatoms. The number of hydrogen-bond donors (Lipinski definition) is 2. The average Bonchev–Trinajstić information content (AvgIpc) is 2.41. The van der Waals surface area contributed by atoms with Crippen molar-refractivity contribution in [2.75, 3.05) is 20.3 Å². The molecule has 0 aliphatic heterocycles. The molecule has 1 unspecified atom stereocenters. The van der Waals surface area contributed by atoms with Crippen LogP contribution in [0.15, 0.2) is 24.3 Å². The Morgan fingerprint density at radius 1 is 1.21 bits per heavy atom. The summed E-state index contributed by atoms with van der Waals surface area (Å²) < 4.78 is 5.21. The van der Waals surface area contributed by atoms with Crippen LogP contribution in [0.4, 0.5) is 0 Å². The van der Waals surface area contributed by atoms with Gasteiger partial charge in [0, 0.05) is 20.3 Å². The highest BCUT2D eigenvalue weighted by atomic mass is 16.5. The van der Waals surface area contributed by atoms with Gasteiger partial charge in [-0.05, 0) is 36.4 Å². The van der Waals surface area contributed by atoms with Crippen molar-refractivity contribution in [2.24, 2.45) is 5.92 Å². The van der Waals surface area contributed by atoms with Crippen molar-refractivity contribution in [1.29, 1.82) is 0 Å². The van der Waals surface area contributed by atoms with E-state index in [-0.39, 0.29) is 6.61 Å². The summed E-state index contributed by atoms with van der Waals surface area (Å²) in [4.78, 5) is 0. The van der Waals surface area contributed by atoms with Gasteiger partial charge in [0.05, 0.1) is 6.61 Å². The van der Waals surface area contributed by atoms with Crippen LogP contribution in [0.25, 0.3) is 0 Å². The van der Waals surface area contributed by atoms with Gasteiger partial charge < -0.3 is 15.2 Å². The Kier molecular flexibility index (Phi) is 8.47. The molecular weight excluding hydrogens is 238 g/mol. The summed E-state index contributed by atoms with van der Waals surface area (Å²) >= 11 is 0. The highest BCUT2D eigenvalue weighted by molar-refractivity contribution is 5.26. The molecule has 19 heavy (non-hydrogen) atoms. The van der Waals surface area contributed by atoms with Crippen LogP contribution in [0.1, 0.15) is 37.3 Å². The minimum absolute atomic E-state index is 0.284. The van der Waals surface area contributed by atoms with E-state index in [9.17, 15) is 0 Å². The molecule has 1 atom stereocenters. The molecule has 1 aromatic carbocycles. The van der Waals surface area contributed by atoms with Gasteiger partial charge in [0.1, 0.15) is 0 Å². The minimum atomic E-state index is 0.284. The largest absolute Gasteiger partial charge is 0.396 e. The second-order valence-corrected chi connectivity index (χ2v) is 5.00.